The van der Waals surface area contributed by atoms with Gasteiger partial charge in [-0.3, -0.25) is 0 Å². The molecule has 0 aliphatic carbocycles. The van der Waals surface area contributed by atoms with Gasteiger partial charge in [0.25, 0.3) is 0 Å². The second kappa shape index (κ2) is 18.5. The quantitative estimate of drug-likeness (QED) is 0.111. The van der Waals surface area contributed by atoms with E-state index in [0.717, 1.165) is 24.2 Å². The van der Waals surface area contributed by atoms with Gasteiger partial charge in [-0.25, -0.2) is 0 Å². The van der Waals surface area contributed by atoms with E-state index in [-0.39, 0.29) is 0 Å². The monoisotopic (exact) mass is 647 g/mol. The van der Waals surface area contributed by atoms with Crippen molar-refractivity contribution in [1.82, 2.24) is 0 Å². The molecule has 38 heavy (non-hydrogen) atoms. The average molecular weight is 648 g/mol. The fourth-order valence-electron chi connectivity index (χ4n) is 4.45. The fourth-order valence-corrected chi connectivity index (χ4v) is 29.2. The molecule has 0 N–H and O–H groups in total. The van der Waals surface area contributed by atoms with E-state index in [1.54, 1.807) is 0 Å². The van der Waals surface area contributed by atoms with Crippen LogP contribution < -0.4 is 0 Å². The van der Waals surface area contributed by atoms with Crippen LogP contribution in [0.25, 0.3) is 0 Å². The molecule has 0 aromatic carbocycles. The van der Waals surface area contributed by atoms with E-state index in [0.29, 0.717) is 39.6 Å². The Balaban J connectivity index is 5.71. The average Bonchev–Trinajstić information content (AvgIpc) is 2.76. The van der Waals surface area contributed by atoms with Gasteiger partial charge in [0, 0.05) is 58.3 Å². The molecule has 0 bridgehead atoms. The van der Waals surface area contributed by atoms with Crippen LogP contribution in [0.5, 0.6) is 0 Å². The molecule has 0 unspecified atom stereocenters. The zero-order valence-corrected chi connectivity index (χ0v) is 32.7. The van der Waals surface area contributed by atoms with Crippen molar-refractivity contribution in [3.63, 3.8) is 0 Å². The Bertz CT molecular complexity index is 550. The molecule has 0 heterocycles. The Labute approximate surface area is 241 Å². The SMILES string of the molecule is CCO[Si](CC[Si](C)(C)O[Si](C)(O[Si](C)C)O[Si](C)(C)CC[Si](OCC)(OCC)OCC)(OCC)OCC. The van der Waals surface area contributed by atoms with Gasteiger partial charge in [-0.05, 0) is 92.9 Å². The third kappa shape index (κ3) is 15.2. The predicted molar refractivity (Wildman–Crippen MR) is 168 cm³/mol. The predicted octanol–water partition coefficient (Wildman–Crippen LogP) is 6.36. The first-order valence-electron chi connectivity index (χ1n) is 14.3. The topological polar surface area (TPSA) is 83.1 Å². The largest absolute Gasteiger partial charge is 0.500 e. The molecule has 0 spiro atoms. The Hall–Kier alpha value is 0.941. The maximum atomic E-state index is 6.94. The fraction of sp³-hybridized carbons (Fsp3) is 1.00. The molecule has 1 radical (unpaired) electrons. The van der Waals surface area contributed by atoms with E-state index in [4.69, 9.17) is 38.9 Å². The lowest BCUT2D eigenvalue weighted by Gasteiger charge is -2.41. The van der Waals surface area contributed by atoms with Gasteiger partial charge >= 0.3 is 26.4 Å². The Kier molecular flexibility index (Phi) is 18.9. The molecule has 0 rings (SSSR count). The molecule has 0 aromatic rings. The maximum absolute atomic E-state index is 6.94. The zero-order chi connectivity index (χ0) is 29.5. The minimum Gasteiger partial charge on any atom is -0.417 e. The molecule has 0 amide bonds. The number of rotatable bonds is 24. The van der Waals surface area contributed by atoms with Crippen molar-refractivity contribution in [2.45, 2.75) is 112 Å². The summed E-state index contributed by atoms with van der Waals surface area (Å²) in [5.41, 5.74) is 0. The Morgan fingerprint density at radius 2 is 0.711 bits per heavy atom. The second-order valence-electron chi connectivity index (χ2n) is 10.6. The highest BCUT2D eigenvalue weighted by Crippen LogP contribution is 2.32. The first-order chi connectivity index (χ1) is 17.6. The van der Waals surface area contributed by atoms with Crippen molar-refractivity contribution in [1.29, 1.82) is 0 Å². The molecule has 15 heteroatoms. The van der Waals surface area contributed by atoms with E-state index in [2.05, 4.69) is 45.8 Å². The molecule has 0 fully saturated rings. The third-order valence-electron chi connectivity index (χ3n) is 5.56. The molecule has 0 saturated heterocycles. The molecule has 0 aliphatic rings. The number of hydrogen-bond donors (Lipinski definition) is 0. The van der Waals surface area contributed by atoms with E-state index in [9.17, 15) is 0 Å². The summed E-state index contributed by atoms with van der Waals surface area (Å²) in [5.74, 6) is 0. The van der Waals surface area contributed by atoms with Gasteiger partial charge in [-0.15, -0.1) is 0 Å². The minimum absolute atomic E-state index is 0.570. The van der Waals surface area contributed by atoms with Crippen LogP contribution in [-0.4, -0.2) is 91.7 Å². The lowest BCUT2D eigenvalue weighted by molar-refractivity contribution is 0.0716. The zero-order valence-electron chi connectivity index (χ0n) is 26.7. The van der Waals surface area contributed by atoms with Crippen LogP contribution in [0, 0.1) is 0 Å². The third-order valence-corrected chi connectivity index (χ3v) is 26.1. The molecular formula is C23H59O9Si6. The lowest BCUT2D eigenvalue weighted by Crippen LogP contribution is -2.58. The highest BCUT2D eigenvalue weighted by molar-refractivity contribution is 6.88. The first kappa shape index (κ1) is 38.9. The van der Waals surface area contributed by atoms with E-state index >= 15 is 0 Å². The normalized spacial score (nSPS) is 14.1. The van der Waals surface area contributed by atoms with Gasteiger partial charge in [-0.2, -0.15) is 0 Å². The van der Waals surface area contributed by atoms with Gasteiger partial charge in [0.1, 0.15) is 0 Å². The summed E-state index contributed by atoms with van der Waals surface area (Å²) in [4.78, 5) is 0. The van der Waals surface area contributed by atoms with Crippen LogP contribution in [0.4, 0.5) is 0 Å². The molecule has 0 saturated carbocycles. The lowest BCUT2D eigenvalue weighted by atomic mass is 10.9. The van der Waals surface area contributed by atoms with Gasteiger partial charge in [0.05, 0.1) is 0 Å². The molecule has 0 aliphatic heterocycles. The van der Waals surface area contributed by atoms with E-state index < -0.39 is 52.1 Å². The summed E-state index contributed by atoms with van der Waals surface area (Å²) in [5, 5.41) is 0. The van der Waals surface area contributed by atoms with Gasteiger partial charge in [-0.1, -0.05) is 0 Å². The summed E-state index contributed by atoms with van der Waals surface area (Å²) in [6.07, 6.45) is 0. The summed E-state index contributed by atoms with van der Waals surface area (Å²) >= 11 is 0. The van der Waals surface area contributed by atoms with Crippen molar-refractivity contribution < 1.29 is 38.9 Å². The van der Waals surface area contributed by atoms with Crippen molar-refractivity contribution in [3.05, 3.63) is 0 Å². The van der Waals surface area contributed by atoms with Crippen molar-refractivity contribution in [3.8, 4) is 0 Å². The van der Waals surface area contributed by atoms with Crippen molar-refractivity contribution in [2.24, 2.45) is 0 Å². The van der Waals surface area contributed by atoms with Crippen LogP contribution in [0.3, 0.4) is 0 Å². The highest BCUT2D eigenvalue weighted by atomic mass is 28.5. The molecular weight excluding hydrogens is 589 g/mol. The summed E-state index contributed by atoms with van der Waals surface area (Å²) in [6, 6.07) is 3.16. The van der Waals surface area contributed by atoms with Gasteiger partial charge in [0.15, 0.2) is 25.7 Å². The first-order valence-corrected chi connectivity index (χ1v) is 29.1. The number of hydrogen-bond acceptors (Lipinski definition) is 9. The molecule has 0 atom stereocenters. The van der Waals surface area contributed by atoms with Crippen LogP contribution in [0.15, 0.2) is 0 Å². The van der Waals surface area contributed by atoms with E-state index in [1.165, 1.54) is 0 Å². The van der Waals surface area contributed by atoms with Gasteiger partial charge < -0.3 is 38.9 Å². The maximum Gasteiger partial charge on any atom is 0.500 e. The molecule has 0 aromatic heterocycles. The summed E-state index contributed by atoms with van der Waals surface area (Å²) in [6.45, 7) is 30.6. The Morgan fingerprint density at radius 3 is 0.921 bits per heavy atom. The van der Waals surface area contributed by atoms with Crippen LogP contribution >= 0.6 is 0 Å². The van der Waals surface area contributed by atoms with Crippen LogP contribution in [0.1, 0.15) is 41.5 Å². The standard InChI is InChI=1S/C23H59O9Si6/c1-14-24-37(25-15-2,26-16-3)22-20-34(9,10)31-36(13,30-33(7)8)32-35(11,12)21-23-38(27-17-4,28-18-5)29-19-6/h14-23H2,1-13H3. The minimum atomic E-state index is -2.93. The van der Waals surface area contributed by atoms with Crippen molar-refractivity contribution >= 4 is 52.1 Å². The molecule has 229 valence electrons. The molecule has 9 nitrogen and oxygen atoms in total. The van der Waals surface area contributed by atoms with Crippen LogP contribution in [0.2, 0.25) is 70.0 Å². The van der Waals surface area contributed by atoms with Crippen LogP contribution in [-0.2, 0) is 38.9 Å². The van der Waals surface area contributed by atoms with E-state index in [1.807, 2.05) is 41.5 Å². The smallest absolute Gasteiger partial charge is 0.417 e. The second-order valence-corrected chi connectivity index (χ2v) is 30.1. The summed E-state index contributed by atoms with van der Waals surface area (Å²) < 4.78 is 57.0. The van der Waals surface area contributed by atoms with Gasteiger partial charge in [0.2, 0.25) is 0 Å². The Morgan fingerprint density at radius 1 is 0.447 bits per heavy atom. The highest BCUT2D eigenvalue weighted by Gasteiger charge is 2.50. The van der Waals surface area contributed by atoms with Crippen molar-refractivity contribution in [2.75, 3.05) is 39.6 Å². The summed E-state index contributed by atoms with van der Waals surface area (Å²) in [7, 11) is -13.9.